The van der Waals surface area contributed by atoms with Gasteiger partial charge in [0, 0.05) is 5.56 Å². The maximum Gasteiger partial charge on any atom is 0.433 e. The third-order valence-corrected chi connectivity index (χ3v) is 2.76. The van der Waals surface area contributed by atoms with Gasteiger partial charge in [0.2, 0.25) is 0 Å². The van der Waals surface area contributed by atoms with Crippen LogP contribution in [-0.2, 0) is 0 Å². The van der Waals surface area contributed by atoms with Gasteiger partial charge in [-0.2, -0.15) is 0 Å². The highest BCUT2D eigenvalue weighted by atomic mass is 35.5. The molecule has 17 heavy (non-hydrogen) atoms. The molecule has 0 saturated heterocycles. The molecule has 0 aliphatic heterocycles. The smallest absolute Gasteiger partial charge is 0.397 e. The summed E-state index contributed by atoms with van der Waals surface area (Å²) in [4.78, 5) is 17.7. The van der Waals surface area contributed by atoms with E-state index in [2.05, 4.69) is 9.97 Å². The molecule has 2 rings (SSSR count). The van der Waals surface area contributed by atoms with Gasteiger partial charge in [-0.25, -0.2) is 9.97 Å². The molecule has 0 spiro atoms. The zero-order chi connectivity index (χ0) is 12.6. The maximum atomic E-state index is 10.5. The SMILES string of the molecule is Cc1c(Cl)nc(-c2ccc([N+](=O)[O-])o2)nc1Cl. The van der Waals surface area contributed by atoms with E-state index in [1.807, 2.05) is 0 Å². The first-order valence-electron chi connectivity index (χ1n) is 4.43. The van der Waals surface area contributed by atoms with Crippen molar-refractivity contribution in [1.82, 2.24) is 9.97 Å². The molecule has 0 bridgehead atoms. The molecule has 0 aliphatic carbocycles. The Morgan fingerprint density at radius 1 is 1.29 bits per heavy atom. The largest absolute Gasteiger partial charge is 0.433 e. The molecule has 0 amide bonds. The predicted molar refractivity (Wildman–Crippen MR) is 61.1 cm³/mol. The van der Waals surface area contributed by atoms with Crippen LogP contribution in [0, 0.1) is 17.0 Å². The summed E-state index contributed by atoms with van der Waals surface area (Å²) in [5.74, 6) is -0.143. The third kappa shape index (κ3) is 2.22. The normalized spacial score (nSPS) is 10.5. The van der Waals surface area contributed by atoms with Gasteiger partial charge in [0.15, 0.2) is 11.6 Å². The van der Waals surface area contributed by atoms with E-state index in [-0.39, 0.29) is 21.9 Å². The van der Waals surface area contributed by atoms with Crippen molar-refractivity contribution in [2.24, 2.45) is 0 Å². The maximum absolute atomic E-state index is 10.5. The first kappa shape index (κ1) is 11.8. The van der Waals surface area contributed by atoms with E-state index in [4.69, 9.17) is 27.6 Å². The molecule has 0 radical (unpaired) electrons. The topological polar surface area (TPSA) is 82.1 Å². The molecule has 0 atom stereocenters. The Bertz CT molecular complexity index is 574. The van der Waals surface area contributed by atoms with Gasteiger partial charge in [-0.3, -0.25) is 10.1 Å². The fourth-order valence-electron chi connectivity index (χ4n) is 1.12. The lowest BCUT2D eigenvalue weighted by Gasteiger charge is -2.01. The predicted octanol–water partition coefficient (Wildman–Crippen LogP) is 3.26. The monoisotopic (exact) mass is 273 g/mol. The van der Waals surface area contributed by atoms with Crippen molar-refractivity contribution in [2.75, 3.05) is 0 Å². The molecule has 0 unspecified atom stereocenters. The summed E-state index contributed by atoms with van der Waals surface area (Å²) < 4.78 is 4.94. The van der Waals surface area contributed by atoms with Crippen LogP contribution in [0.15, 0.2) is 16.5 Å². The van der Waals surface area contributed by atoms with Crippen molar-refractivity contribution in [3.05, 3.63) is 38.1 Å². The van der Waals surface area contributed by atoms with Crippen LogP contribution < -0.4 is 0 Å². The minimum Gasteiger partial charge on any atom is -0.397 e. The van der Waals surface area contributed by atoms with E-state index in [0.717, 1.165) is 0 Å². The van der Waals surface area contributed by atoms with Crippen molar-refractivity contribution in [3.8, 4) is 11.6 Å². The van der Waals surface area contributed by atoms with E-state index < -0.39 is 10.8 Å². The molecule has 0 aliphatic rings. The molecule has 8 heteroatoms. The fraction of sp³-hybridized carbons (Fsp3) is 0.111. The Morgan fingerprint density at radius 2 is 1.88 bits per heavy atom. The van der Waals surface area contributed by atoms with Crippen LogP contribution in [0.5, 0.6) is 0 Å². The molecule has 2 aromatic heterocycles. The number of furan rings is 1. The summed E-state index contributed by atoms with van der Waals surface area (Å²) in [7, 11) is 0. The van der Waals surface area contributed by atoms with Crippen LogP contribution >= 0.6 is 23.2 Å². The molecule has 2 heterocycles. The van der Waals surface area contributed by atoms with Gasteiger partial charge in [0.25, 0.3) is 0 Å². The van der Waals surface area contributed by atoms with Gasteiger partial charge in [-0.15, -0.1) is 0 Å². The molecule has 0 N–H and O–H groups in total. The van der Waals surface area contributed by atoms with Gasteiger partial charge >= 0.3 is 5.88 Å². The zero-order valence-corrected chi connectivity index (χ0v) is 9.99. The number of nitrogens with zero attached hydrogens (tertiary/aromatic N) is 3. The highest BCUT2D eigenvalue weighted by Crippen LogP contribution is 2.27. The Balaban J connectivity index is 2.49. The summed E-state index contributed by atoms with van der Waals surface area (Å²) >= 11 is 11.7. The average molecular weight is 274 g/mol. The standard InChI is InChI=1S/C9H5Cl2N3O3/c1-4-7(10)12-9(13-8(4)11)5-2-3-6(17-5)14(15)16/h2-3H,1H3. The molecule has 0 aromatic carbocycles. The summed E-state index contributed by atoms with van der Waals surface area (Å²) in [6, 6.07) is 2.59. The van der Waals surface area contributed by atoms with Gasteiger partial charge in [-0.05, 0) is 13.0 Å². The van der Waals surface area contributed by atoms with E-state index >= 15 is 0 Å². The summed E-state index contributed by atoms with van der Waals surface area (Å²) in [6.45, 7) is 1.67. The van der Waals surface area contributed by atoms with E-state index in [9.17, 15) is 10.1 Å². The molecular weight excluding hydrogens is 269 g/mol. The summed E-state index contributed by atoms with van der Waals surface area (Å²) in [6.07, 6.45) is 0. The number of nitro groups is 1. The summed E-state index contributed by atoms with van der Waals surface area (Å²) in [5, 5.41) is 10.8. The lowest BCUT2D eigenvalue weighted by atomic mass is 10.3. The van der Waals surface area contributed by atoms with Crippen molar-refractivity contribution < 1.29 is 9.34 Å². The van der Waals surface area contributed by atoms with Gasteiger partial charge in [0.05, 0.1) is 6.07 Å². The number of aromatic nitrogens is 2. The highest BCUT2D eigenvalue weighted by molar-refractivity contribution is 6.34. The lowest BCUT2D eigenvalue weighted by molar-refractivity contribution is -0.401. The average Bonchev–Trinajstić information content (AvgIpc) is 2.74. The van der Waals surface area contributed by atoms with Crippen LogP contribution in [0.3, 0.4) is 0 Å². The van der Waals surface area contributed by atoms with Crippen molar-refractivity contribution in [2.45, 2.75) is 6.92 Å². The second kappa shape index (κ2) is 4.31. The van der Waals surface area contributed by atoms with Crippen LogP contribution in [0.4, 0.5) is 5.88 Å². The Morgan fingerprint density at radius 3 is 2.35 bits per heavy atom. The van der Waals surface area contributed by atoms with Crippen molar-refractivity contribution in [1.29, 1.82) is 0 Å². The minimum absolute atomic E-state index is 0.110. The van der Waals surface area contributed by atoms with Gasteiger partial charge < -0.3 is 4.42 Å². The Hall–Kier alpha value is -1.66. The Labute approximate surface area is 105 Å². The van der Waals surface area contributed by atoms with E-state index in [0.29, 0.717) is 5.56 Å². The first-order valence-corrected chi connectivity index (χ1v) is 5.19. The van der Waals surface area contributed by atoms with Gasteiger partial charge in [-0.1, -0.05) is 23.2 Å². The molecular formula is C9H5Cl2N3O3. The van der Waals surface area contributed by atoms with E-state index in [1.54, 1.807) is 6.92 Å². The summed E-state index contributed by atoms with van der Waals surface area (Å²) in [5.41, 5.74) is 0.540. The minimum atomic E-state index is -0.652. The van der Waals surface area contributed by atoms with Crippen LogP contribution in [0.1, 0.15) is 5.56 Å². The number of halogens is 2. The van der Waals surface area contributed by atoms with Crippen molar-refractivity contribution in [3.63, 3.8) is 0 Å². The second-order valence-electron chi connectivity index (χ2n) is 3.15. The third-order valence-electron chi connectivity index (χ3n) is 2.02. The molecule has 0 fully saturated rings. The molecule has 88 valence electrons. The second-order valence-corrected chi connectivity index (χ2v) is 3.86. The van der Waals surface area contributed by atoms with E-state index in [1.165, 1.54) is 12.1 Å². The quantitative estimate of drug-likeness (QED) is 0.477. The number of rotatable bonds is 2. The lowest BCUT2D eigenvalue weighted by Crippen LogP contribution is -1.92. The molecule has 6 nitrogen and oxygen atoms in total. The van der Waals surface area contributed by atoms with Crippen molar-refractivity contribution >= 4 is 29.1 Å². The highest BCUT2D eigenvalue weighted by Gasteiger charge is 2.17. The van der Waals surface area contributed by atoms with Crippen LogP contribution in [-0.4, -0.2) is 14.9 Å². The first-order chi connectivity index (χ1) is 7.99. The Kier molecular flexibility index (Phi) is 2.99. The molecule has 2 aromatic rings. The fourth-order valence-corrected chi connectivity index (χ4v) is 1.51. The molecule has 0 saturated carbocycles. The van der Waals surface area contributed by atoms with Crippen LogP contribution in [0.25, 0.3) is 11.6 Å². The van der Waals surface area contributed by atoms with Gasteiger partial charge in [0.1, 0.15) is 15.2 Å². The zero-order valence-electron chi connectivity index (χ0n) is 8.48. The number of hydrogen-bond donors (Lipinski definition) is 0. The number of hydrogen-bond acceptors (Lipinski definition) is 5. The van der Waals surface area contributed by atoms with Crippen LogP contribution in [0.2, 0.25) is 10.3 Å².